The average Bonchev–Trinajstić information content (AvgIpc) is 2.93. The highest BCUT2D eigenvalue weighted by Crippen LogP contribution is 2.29. The highest BCUT2D eigenvalue weighted by molar-refractivity contribution is 7.99. The van der Waals surface area contributed by atoms with E-state index < -0.39 is 0 Å². The molecule has 1 fully saturated rings. The van der Waals surface area contributed by atoms with Gasteiger partial charge in [-0.2, -0.15) is 5.06 Å². The van der Waals surface area contributed by atoms with Crippen molar-refractivity contribution in [2.45, 2.75) is 18.5 Å². The van der Waals surface area contributed by atoms with Crippen LogP contribution in [0.1, 0.15) is 11.6 Å². The second-order valence-corrected chi connectivity index (χ2v) is 6.21. The first-order valence-corrected chi connectivity index (χ1v) is 8.15. The SMILES string of the molecule is O=c1ccccn1C(Cc1ccccc1)C1CSCN1O. The summed E-state index contributed by atoms with van der Waals surface area (Å²) in [6.45, 7) is 0. The molecule has 0 radical (unpaired) electrons. The van der Waals surface area contributed by atoms with E-state index in [9.17, 15) is 10.0 Å². The van der Waals surface area contributed by atoms with Crippen LogP contribution >= 0.6 is 11.8 Å². The molecule has 2 aromatic rings. The number of thioether (sulfide) groups is 1. The second-order valence-electron chi connectivity index (χ2n) is 5.21. The van der Waals surface area contributed by atoms with Gasteiger partial charge in [0.2, 0.25) is 0 Å². The zero-order valence-corrected chi connectivity index (χ0v) is 12.4. The Balaban J connectivity index is 1.95. The molecule has 2 atom stereocenters. The Morgan fingerprint density at radius 1 is 1.19 bits per heavy atom. The molecule has 5 heteroatoms. The number of benzene rings is 1. The number of pyridine rings is 1. The standard InChI is InChI=1S/C16H18N2O2S/c19-16-8-4-5-9-17(16)14(15-11-21-12-18(15)20)10-13-6-2-1-3-7-13/h1-9,14-15,20H,10-12H2. The van der Waals surface area contributed by atoms with Gasteiger partial charge in [0.05, 0.1) is 18.0 Å². The maximum absolute atomic E-state index is 12.2. The van der Waals surface area contributed by atoms with Crippen LogP contribution in [0, 0.1) is 0 Å². The predicted octanol–water partition coefficient (Wildman–Crippen LogP) is 2.40. The molecular formula is C16H18N2O2S. The molecule has 1 N–H and O–H groups in total. The summed E-state index contributed by atoms with van der Waals surface area (Å²) >= 11 is 1.69. The zero-order chi connectivity index (χ0) is 14.7. The molecule has 21 heavy (non-hydrogen) atoms. The van der Waals surface area contributed by atoms with E-state index in [1.54, 1.807) is 28.5 Å². The van der Waals surface area contributed by atoms with Gasteiger partial charge in [0.15, 0.2) is 0 Å². The molecule has 4 nitrogen and oxygen atoms in total. The quantitative estimate of drug-likeness (QED) is 0.942. The van der Waals surface area contributed by atoms with Gasteiger partial charge >= 0.3 is 0 Å². The van der Waals surface area contributed by atoms with E-state index in [4.69, 9.17) is 0 Å². The molecule has 1 aliphatic rings. The van der Waals surface area contributed by atoms with Gasteiger partial charge in [-0.3, -0.25) is 4.79 Å². The van der Waals surface area contributed by atoms with Crippen molar-refractivity contribution in [3.63, 3.8) is 0 Å². The molecule has 1 saturated heterocycles. The Morgan fingerprint density at radius 3 is 2.62 bits per heavy atom. The maximum atomic E-state index is 12.2. The topological polar surface area (TPSA) is 45.5 Å². The lowest BCUT2D eigenvalue weighted by Crippen LogP contribution is -2.41. The number of nitrogens with zero attached hydrogens (tertiary/aromatic N) is 2. The summed E-state index contributed by atoms with van der Waals surface area (Å²) in [5.41, 5.74) is 1.15. The van der Waals surface area contributed by atoms with E-state index in [2.05, 4.69) is 12.1 Å². The molecule has 0 bridgehead atoms. The van der Waals surface area contributed by atoms with Gasteiger partial charge in [0, 0.05) is 18.0 Å². The Morgan fingerprint density at radius 2 is 1.95 bits per heavy atom. The Bertz CT molecular complexity index is 644. The minimum Gasteiger partial charge on any atom is -0.313 e. The summed E-state index contributed by atoms with van der Waals surface area (Å²) in [7, 11) is 0. The summed E-state index contributed by atoms with van der Waals surface area (Å²) in [5.74, 6) is 1.42. The van der Waals surface area contributed by atoms with Gasteiger partial charge in [0.25, 0.3) is 5.56 Å². The van der Waals surface area contributed by atoms with Crippen LogP contribution < -0.4 is 5.56 Å². The van der Waals surface area contributed by atoms with E-state index >= 15 is 0 Å². The van der Waals surface area contributed by atoms with E-state index in [1.165, 1.54) is 10.6 Å². The van der Waals surface area contributed by atoms with E-state index in [0.29, 0.717) is 5.88 Å². The monoisotopic (exact) mass is 302 g/mol. The van der Waals surface area contributed by atoms with Crippen LogP contribution in [0.25, 0.3) is 0 Å². The van der Waals surface area contributed by atoms with Crippen LogP contribution in [-0.4, -0.2) is 32.5 Å². The molecule has 1 aliphatic heterocycles. The second kappa shape index (κ2) is 6.47. The lowest BCUT2D eigenvalue weighted by atomic mass is 9.99. The number of hydrogen-bond donors (Lipinski definition) is 1. The zero-order valence-electron chi connectivity index (χ0n) is 11.6. The third-order valence-electron chi connectivity index (χ3n) is 3.84. The average molecular weight is 302 g/mol. The fraction of sp³-hybridized carbons (Fsp3) is 0.312. The van der Waals surface area contributed by atoms with Crippen LogP contribution in [0.4, 0.5) is 0 Å². The molecule has 2 heterocycles. The lowest BCUT2D eigenvalue weighted by Gasteiger charge is -2.28. The van der Waals surface area contributed by atoms with Crippen LogP contribution in [0.15, 0.2) is 59.5 Å². The normalized spacial score (nSPS) is 20.5. The molecule has 3 rings (SSSR count). The molecule has 2 unspecified atom stereocenters. The van der Waals surface area contributed by atoms with Crippen LogP contribution in [0.3, 0.4) is 0 Å². The lowest BCUT2D eigenvalue weighted by molar-refractivity contribution is -0.109. The number of hydroxylamine groups is 2. The Kier molecular flexibility index (Phi) is 4.43. The molecule has 1 aromatic heterocycles. The van der Waals surface area contributed by atoms with Crippen molar-refractivity contribution in [3.8, 4) is 0 Å². The smallest absolute Gasteiger partial charge is 0.250 e. The minimum absolute atomic E-state index is 0.0243. The fourth-order valence-corrected chi connectivity index (χ4v) is 3.87. The van der Waals surface area contributed by atoms with E-state index in [0.717, 1.165) is 12.2 Å². The first-order chi connectivity index (χ1) is 10.3. The van der Waals surface area contributed by atoms with Crippen molar-refractivity contribution in [1.82, 2.24) is 9.63 Å². The van der Waals surface area contributed by atoms with Crippen molar-refractivity contribution in [2.75, 3.05) is 11.6 Å². The molecule has 0 amide bonds. The van der Waals surface area contributed by atoms with Gasteiger partial charge in [-0.05, 0) is 18.1 Å². The van der Waals surface area contributed by atoms with E-state index in [1.807, 2.05) is 30.5 Å². The molecule has 110 valence electrons. The first-order valence-electron chi connectivity index (χ1n) is 7.00. The van der Waals surface area contributed by atoms with Gasteiger partial charge in [-0.15, -0.1) is 11.8 Å². The molecule has 1 aromatic carbocycles. The summed E-state index contributed by atoms with van der Waals surface area (Å²) in [6.07, 6.45) is 2.54. The summed E-state index contributed by atoms with van der Waals surface area (Å²) < 4.78 is 1.74. The molecule has 0 spiro atoms. The van der Waals surface area contributed by atoms with Crippen molar-refractivity contribution < 1.29 is 5.21 Å². The fourth-order valence-electron chi connectivity index (χ4n) is 2.75. The maximum Gasteiger partial charge on any atom is 0.250 e. The number of hydrogen-bond acceptors (Lipinski definition) is 4. The molecule has 0 aliphatic carbocycles. The third kappa shape index (κ3) is 3.20. The van der Waals surface area contributed by atoms with Gasteiger partial charge in [-0.25, -0.2) is 0 Å². The summed E-state index contributed by atoms with van der Waals surface area (Å²) in [5, 5.41) is 11.4. The Hall–Kier alpha value is -1.56. The van der Waals surface area contributed by atoms with Crippen molar-refractivity contribution in [1.29, 1.82) is 0 Å². The number of aromatic nitrogens is 1. The third-order valence-corrected chi connectivity index (χ3v) is 4.86. The number of rotatable bonds is 4. The van der Waals surface area contributed by atoms with E-state index in [-0.39, 0.29) is 17.6 Å². The van der Waals surface area contributed by atoms with Crippen molar-refractivity contribution in [2.24, 2.45) is 0 Å². The Labute approximate surface area is 128 Å². The highest BCUT2D eigenvalue weighted by Gasteiger charge is 2.33. The summed E-state index contributed by atoms with van der Waals surface area (Å²) in [4.78, 5) is 12.2. The minimum atomic E-state index is -0.0684. The highest BCUT2D eigenvalue weighted by atomic mass is 32.2. The molecular weight excluding hydrogens is 284 g/mol. The molecule has 0 saturated carbocycles. The van der Waals surface area contributed by atoms with Gasteiger partial charge < -0.3 is 9.77 Å². The first kappa shape index (κ1) is 14.4. The van der Waals surface area contributed by atoms with Gasteiger partial charge in [-0.1, -0.05) is 36.4 Å². The van der Waals surface area contributed by atoms with Crippen LogP contribution in [0.2, 0.25) is 0 Å². The predicted molar refractivity (Wildman–Crippen MR) is 84.6 cm³/mol. The summed E-state index contributed by atoms with van der Waals surface area (Å²) in [6, 6.07) is 15.2. The van der Waals surface area contributed by atoms with Crippen molar-refractivity contribution in [3.05, 3.63) is 70.6 Å². The van der Waals surface area contributed by atoms with Crippen LogP contribution in [-0.2, 0) is 6.42 Å². The largest absolute Gasteiger partial charge is 0.313 e. The van der Waals surface area contributed by atoms with Gasteiger partial charge in [0.1, 0.15) is 0 Å². The van der Waals surface area contributed by atoms with Crippen LogP contribution in [0.5, 0.6) is 0 Å². The van der Waals surface area contributed by atoms with Crippen molar-refractivity contribution >= 4 is 11.8 Å².